The molecule has 0 spiro atoms. The number of nitrogens with zero attached hydrogens (tertiary/aromatic N) is 2. The topological polar surface area (TPSA) is 66.6 Å². The van der Waals surface area contributed by atoms with E-state index in [-0.39, 0.29) is 17.2 Å². The second-order valence-electron chi connectivity index (χ2n) is 8.64. The van der Waals surface area contributed by atoms with E-state index in [2.05, 4.69) is 29.2 Å². The van der Waals surface area contributed by atoms with Gasteiger partial charge in [0.15, 0.2) is 0 Å². The molecule has 0 aromatic heterocycles. The lowest BCUT2D eigenvalue weighted by atomic mass is 9.76. The largest absolute Gasteiger partial charge is 0.369 e. The summed E-state index contributed by atoms with van der Waals surface area (Å²) in [6.07, 6.45) is 5.54. The normalized spacial score (nSPS) is 23.7. The van der Waals surface area contributed by atoms with E-state index >= 15 is 0 Å². The molecule has 2 aromatic rings. The quantitative estimate of drug-likeness (QED) is 0.723. The van der Waals surface area contributed by atoms with Crippen LogP contribution in [0.15, 0.2) is 66.7 Å². The lowest BCUT2D eigenvalue weighted by Gasteiger charge is -2.29. The molecule has 30 heavy (non-hydrogen) atoms. The molecule has 0 unspecified atom stereocenters. The molecule has 5 nitrogen and oxygen atoms in total. The van der Waals surface area contributed by atoms with E-state index in [1.54, 1.807) is 6.08 Å². The third kappa shape index (κ3) is 4.62. The maximum atomic E-state index is 12.9. The summed E-state index contributed by atoms with van der Waals surface area (Å²) < 4.78 is 0. The maximum absolute atomic E-state index is 12.9. The van der Waals surface area contributed by atoms with Crippen LogP contribution in [-0.2, 0) is 16.0 Å². The zero-order chi connectivity index (χ0) is 21.0. The van der Waals surface area contributed by atoms with Crippen molar-refractivity contribution in [3.63, 3.8) is 0 Å². The number of rotatable bonds is 7. The summed E-state index contributed by atoms with van der Waals surface area (Å²) in [4.78, 5) is 28.5. The fourth-order valence-corrected chi connectivity index (χ4v) is 5.03. The number of likely N-dealkylation sites (tertiary alicyclic amines) is 2. The summed E-state index contributed by atoms with van der Waals surface area (Å²) in [5.41, 5.74) is 7.80. The first-order valence-corrected chi connectivity index (χ1v) is 10.6. The highest BCUT2D eigenvalue weighted by molar-refractivity contribution is 5.92. The van der Waals surface area contributed by atoms with Gasteiger partial charge in [0.2, 0.25) is 11.8 Å². The Morgan fingerprint density at radius 2 is 1.70 bits per heavy atom. The van der Waals surface area contributed by atoms with Gasteiger partial charge in [-0.1, -0.05) is 60.7 Å². The second kappa shape index (κ2) is 8.84. The van der Waals surface area contributed by atoms with E-state index in [1.807, 2.05) is 47.4 Å². The van der Waals surface area contributed by atoms with E-state index in [0.717, 1.165) is 44.6 Å². The van der Waals surface area contributed by atoms with Crippen molar-refractivity contribution in [1.82, 2.24) is 9.80 Å². The van der Waals surface area contributed by atoms with Crippen molar-refractivity contribution in [2.24, 2.45) is 17.1 Å². The molecule has 0 saturated carbocycles. The standard InChI is InChI=1S/C25H29N3O2/c26-23(29)17-27-15-22-16-28(24(30)12-11-20-7-3-1-4-8-20)19-25(22,18-27)14-13-21-9-5-2-6-10-21/h1-12,22H,13-19H2,(H2,26,29)/t22-,25+/m0/s1. The van der Waals surface area contributed by atoms with Crippen LogP contribution in [0.3, 0.4) is 0 Å². The SMILES string of the molecule is NC(=O)CN1C[C@H]2CN(C(=O)C=Cc3ccccc3)C[C@@]2(CCc2ccccc2)C1. The van der Waals surface area contributed by atoms with Crippen LogP contribution < -0.4 is 5.73 Å². The summed E-state index contributed by atoms with van der Waals surface area (Å²) in [6.45, 7) is 3.41. The predicted molar refractivity (Wildman–Crippen MR) is 118 cm³/mol. The Balaban J connectivity index is 1.46. The van der Waals surface area contributed by atoms with Gasteiger partial charge in [-0.2, -0.15) is 0 Å². The average molecular weight is 404 g/mol. The minimum atomic E-state index is -0.285. The molecule has 4 rings (SSSR count). The summed E-state index contributed by atoms with van der Waals surface area (Å²) >= 11 is 0. The maximum Gasteiger partial charge on any atom is 0.246 e. The van der Waals surface area contributed by atoms with E-state index in [4.69, 9.17) is 5.73 Å². The molecule has 2 heterocycles. The Morgan fingerprint density at radius 3 is 2.40 bits per heavy atom. The average Bonchev–Trinajstić information content (AvgIpc) is 3.25. The Labute approximate surface area is 178 Å². The zero-order valence-electron chi connectivity index (χ0n) is 17.2. The van der Waals surface area contributed by atoms with Crippen molar-refractivity contribution in [3.8, 4) is 0 Å². The Morgan fingerprint density at radius 1 is 1.00 bits per heavy atom. The molecule has 0 radical (unpaired) electrons. The number of aryl methyl sites for hydroxylation is 1. The molecule has 156 valence electrons. The predicted octanol–water partition coefficient (Wildman–Crippen LogP) is 2.58. The molecule has 0 aliphatic carbocycles. The van der Waals surface area contributed by atoms with Crippen LogP contribution in [0, 0.1) is 11.3 Å². The van der Waals surface area contributed by atoms with Crippen LogP contribution in [0.1, 0.15) is 17.5 Å². The van der Waals surface area contributed by atoms with Crippen molar-refractivity contribution >= 4 is 17.9 Å². The van der Waals surface area contributed by atoms with Gasteiger partial charge in [-0.3, -0.25) is 14.5 Å². The number of primary amides is 1. The molecule has 0 bridgehead atoms. The molecule has 2 aromatic carbocycles. The first-order valence-electron chi connectivity index (χ1n) is 10.6. The Hall–Kier alpha value is -2.92. The number of amides is 2. The van der Waals surface area contributed by atoms with Gasteiger partial charge in [0, 0.05) is 37.7 Å². The van der Waals surface area contributed by atoms with E-state index in [9.17, 15) is 9.59 Å². The Kier molecular flexibility index (Phi) is 6.00. The van der Waals surface area contributed by atoms with Crippen LogP contribution in [-0.4, -0.2) is 54.3 Å². The van der Waals surface area contributed by atoms with Crippen LogP contribution in [0.2, 0.25) is 0 Å². The van der Waals surface area contributed by atoms with Crippen molar-refractivity contribution in [2.45, 2.75) is 12.8 Å². The molecule has 2 amide bonds. The third-order valence-corrected chi connectivity index (χ3v) is 6.49. The highest BCUT2D eigenvalue weighted by Gasteiger charge is 2.52. The molecule has 2 aliphatic rings. The molecule has 2 atom stereocenters. The van der Waals surface area contributed by atoms with Crippen LogP contribution in [0.5, 0.6) is 0 Å². The van der Waals surface area contributed by atoms with Gasteiger partial charge in [0.25, 0.3) is 0 Å². The van der Waals surface area contributed by atoms with Crippen molar-refractivity contribution < 1.29 is 9.59 Å². The van der Waals surface area contributed by atoms with E-state index < -0.39 is 0 Å². The highest BCUT2D eigenvalue weighted by Crippen LogP contribution is 2.45. The van der Waals surface area contributed by atoms with E-state index in [1.165, 1.54) is 5.56 Å². The minimum absolute atomic E-state index is 0.0154. The van der Waals surface area contributed by atoms with Crippen LogP contribution >= 0.6 is 0 Å². The minimum Gasteiger partial charge on any atom is -0.369 e. The van der Waals surface area contributed by atoms with Crippen LogP contribution in [0.4, 0.5) is 0 Å². The number of carbonyl (C=O) groups excluding carboxylic acids is 2. The lowest BCUT2D eigenvalue weighted by Crippen LogP contribution is -2.39. The fourth-order valence-electron chi connectivity index (χ4n) is 5.03. The smallest absolute Gasteiger partial charge is 0.246 e. The number of hydrogen-bond acceptors (Lipinski definition) is 3. The second-order valence-corrected chi connectivity index (χ2v) is 8.64. The Bertz CT molecular complexity index is 913. The molecular formula is C25H29N3O2. The number of fused-ring (bicyclic) bond motifs is 1. The number of hydrogen-bond donors (Lipinski definition) is 1. The summed E-state index contributed by atoms with van der Waals surface area (Å²) in [7, 11) is 0. The van der Waals surface area contributed by atoms with Crippen molar-refractivity contribution in [2.75, 3.05) is 32.7 Å². The number of nitrogens with two attached hydrogens (primary N) is 1. The molecule has 2 saturated heterocycles. The lowest BCUT2D eigenvalue weighted by molar-refractivity contribution is -0.126. The highest BCUT2D eigenvalue weighted by atomic mass is 16.2. The summed E-state index contributed by atoms with van der Waals surface area (Å²) in [6, 6.07) is 20.4. The number of benzene rings is 2. The zero-order valence-corrected chi connectivity index (χ0v) is 17.2. The number of carbonyl (C=O) groups is 2. The molecule has 2 fully saturated rings. The van der Waals surface area contributed by atoms with Gasteiger partial charge >= 0.3 is 0 Å². The van der Waals surface area contributed by atoms with Crippen LogP contribution in [0.25, 0.3) is 6.08 Å². The monoisotopic (exact) mass is 403 g/mol. The van der Waals surface area contributed by atoms with E-state index in [0.29, 0.717) is 12.5 Å². The summed E-state index contributed by atoms with van der Waals surface area (Å²) in [5.74, 6) is 0.148. The van der Waals surface area contributed by atoms with Gasteiger partial charge in [-0.25, -0.2) is 0 Å². The first kappa shape index (κ1) is 20.4. The summed E-state index contributed by atoms with van der Waals surface area (Å²) in [5, 5.41) is 0. The third-order valence-electron chi connectivity index (χ3n) is 6.49. The molecule has 5 heteroatoms. The van der Waals surface area contributed by atoms with Gasteiger partial charge in [0.05, 0.1) is 6.54 Å². The van der Waals surface area contributed by atoms with Gasteiger partial charge in [-0.15, -0.1) is 0 Å². The van der Waals surface area contributed by atoms with Gasteiger partial charge < -0.3 is 10.6 Å². The van der Waals surface area contributed by atoms with Gasteiger partial charge in [-0.05, 0) is 36.0 Å². The van der Waals surface area contributed by atoms with Crippen molar-refractivity contribution in [1.29, 1.82) is 0 Å². The molecule has 2 aliphatic heterocycles. The first-order chi connectivity index (χ1) is 14.5. The molecule has 2 N–H and O–H groups in total. The fraction of sp³-hybridized carbons (Fsp3) is 0.360. The van der Waals surface area contributed by atoms with Crippen molar-refractivity contribution in [3.05, 3.63) is 77.9 Å². The molecular weight excluding hydrogens is 374 g/mol. The van der Waals surface area contributed by atoms with Gasteiger partial charge in [0.1, 0.15) is 0 Å².